The fourth-order valence-electron chi connectivity index (χ4n) is 2.79. The van der Waals surface area contributed by atoms with Crippen LogP contribution in [-0.4, -0.2) is 18.1 Å². The maximum atomic E-state index is 14.4. The van der Waals surface area contributed by atoms with Gasteiger partial charge in [0.1, 0.15) is 5.82 Å². The number of nitrogens with zero attached hydrogens (tertiary/aromatic N) is 1. The Hall–Kier alpha value is -2.85. The molecule has 0 saturated heterocycles. The molecule has 0 bridgehead atoms. The summed E-state index contributed by atoms with van der Waals surface area (Å²) in [6.45, 7) is 2.62. The summed E-state index contributed by atoms with van der Waals surface area (Å²) in [5.41, 5.74) is -3.25. The van der Waals surface area contributed by atoms with E-state index >= 15 is 0 Å². The number of hydrogen-bond acceptors (Lipinski definition) is 2. The van der Waals surface area contributed by atoms with Gasteiger partial charge in [-0.2, -0.15) is 8.78 Å². The smallest absolute Gasteiger partial charge is 0.423 e. The quantitative estimate of drug-likeness (QED) is 0.399. The normalized spacial score (nSPS) is 15.7. The molecule has 0 aromatic heterocycles. The molecule has 3 nitrogen and oxygen atoms in total. The number of carbonyl (C=O) groups is 1. The Balaban J connectivity index is 2.33. The third kappa shape index (κ3) is 2.76. The third-order valence-corrected chi connectivity index (χ3v) is 4.01. The first kappa shape index (κ1) is 19.9. The van der Waals surface area contributed by atoms with Crippen LogP contribution in [0.25, 0.3) is 11.1 Å². The Morgan fingerprint density at radius 3 is 1.89 bits per heavy atom. The minimum absolute atomic E-state index is 0.276. The zero-order valence-corrected chi connectivity index (χ0v) is 14.0. The predicted octanol–water partition coefficient (Wildman–Crippen LogP) is 4.91. The van der Waals surface area contributed by atoms with Gasteiger partial charge in [-0.1, -0.05) is 0 Å². The average molecular weight is 411 g/mol. The molecular formula is C17H9F8NO2. The van der Waals surface area contributed by atoms with Gasteiger partial charge in [-0.15, -0.1) is 0 Å². The highest BCUT2D eigenvalue weighted by atomic mass is 19.3. The van der Waals surface area contributed by atoms with Crippen LogP contribution in [0.3, 0.4) is 0 Å². The number of carbonyl (C=O) groups excluding carboxylic acids is 1. The second-order valence-corrected chi connectivity index (χ2v) is 6.13. The van der Waals surface area contributed by atoms with Crippen LogP contribution in [0.2, 0.25) is 0 Å². The standard InChI is InChI=1S/C17H9F8NO2/c1-5(2)26-8-3-6(7(18)4-9(8)28-17(24,25)16(26)27)10-11(19)13(21)15(23)14(22)12(10)20/h3-5H,1-2H3. The third-order valence-electron chi connectivity index (χ3n) is 4.01. The van der Waals surface area contributed by atoms with E-state index in [1.165, 1.54) is 13.8 Å². The first-order valence-electron chi connectivity index (χ1n) is 7.64. The number of alkyl halides is 2. The van der Waals surface area contributed by atoms with E-state index in [4.69, 9.17) is 0 Å². The van der Waals surface area contributed by atoms with E-state index in [0.29, 0.717) is 11.0 Å². The van der Waals surface area contributed by atoms with Crippen LogP contribution in [0.15, 0.2) is 12.1 Å². The number of rotatable bonds is 2. The molecule has 0 unspecified atom stereocenters. The van der Waals surface area contributed by atoms with Gasteiger partial charge >= 0.3 is 12.0 Å². The van der Waals surface area contributed by atoms with Gasteiger partial charge in [-0.05, 0) is 19.9 Å². The molecule has 1 aliphatic rings. The van der Waals surface area contributed by atoms with Crippen molar-refractivity contribution >= 4 is 11.6 Å². The van der Waals surface area contributed by atoms with Crippen LogP contribution in [0.5, 0.6) is 5.75 Å². The number of ether oxygens (including phenoxy) is 1. The molecule has 2 aromatic carbocycles. The summed E-state index contributed by atoms with van der Waals surface area (Å²) in [5.74, 6) is -16.0. The molecule has 11 heteroatoms. The number of anilines is 1. The number of benzene rings is 2. The van der Waals surface area contributed by atoms with Crippen molar-refractivity contribution in [3.63, 3.8) is 0 Å². The summed E-state index contributed by atoms with van der Waals surface area (Å²) in [7, 11) is 0. The average Bonchev–Trinajstić information content (AvgIpc) is 2.60. The molecule has 0 atom stereocenters. The van der Waals surface area contributed by atoms with E-state index in [-0.39, 0.29) is 6.07 Å². The Labute approximate surface area is 152 Å². The number of fused-ring (bicyclic) bond motifs is 1. The van der Waals surface area contributed by atoms with Crippen molar-refractivity contribution in [3.8, 4) is 16.9 Å². The van der Waals surface area contributed by atoms with E-state index in [9.17, 15) is 39.9 Å². The number of halogens is 8. The molecule has 1 amide bonds. The van der Waals surface area contributed by atoms with Crippen molar-refractivity contribution in [1.82, 2.24) is 0 Å². The first-order chi connectivity index (χ1) is 12.9. The minimum Gasteiger partial charge on any atom is -0.423 e. The van der Waals surface area contributed by atoms with Gasteiger partial charge in [-0.3, -0.25) is 9.69 Å². The molecule has 3 rings (SSSR count). The van der Waals surface area contributed by atoms with Gasteiger partial charge in [-0.25, -0.2) is 26.3 Å². The fourth-order valence-corrected chi connectivity index (χ4v) is 2.79. The summed E-state index contributed by atoms with van der Waals surface area (Å²) in [5, 5.41) is 0. The van der Waals surface area contributed by atoms with Crippen LogP contribution in [0.1, 0.15) is 13.8 Å². The lowest BCUT2D eigenvalue weighted by atomic mass is 10.00. The zero-order valence-electron chi connectivity index (χ0n) is 14.0. The van der Waals surface area contributed by atoms with Crippen LogP contribution in [-0.2, 0) is 4.79 Å². The minimum atomic E-state index is -4.34. The lowest BCUT2D eigenvalue weighted by Gasteiger charge is -2.36. The maximum Gasteiger partial charge on any atom is 0.482 e. The summed E-state index contributed by atoms with van der Waals surface area (Å²) in [6, 6.07) is -0.148. The summed E-state index contributed by atoms with van der Waals surface area (Å²) in [6.07, 6.45) is -4.34. The molecular weight excluding hydrogens is 402 g/mol. The predicted molar refractivity (Wildman–Crippen MR) is 79.8 cm³/mol. The van der Waals surface area contributed by atoms with Crippen LogP contribution in [0, 0.1) is 34.9 Å². The van der Waals surface area contributed by atoms with E-state index in [1.807, 2.05) is 0 Å². The second kappa shape index (κ2) is 6.35. The molecule has 28 heavy (non-hydrogen) atoms. The van der Waals surface area contributed by atoms with Crippen molar-refractivity contribution in [2.75, 3.05) is 4.90 Å². The highest BCUT2D eigenvalue weighted by Gasteiger charge is 2.51. The van der Waals surface area contributed by atoms with Gasteiger partial charge < -0.3 is 4.74 Å². The monoisotopic (exact) mass is 411 g/mol. The van der Waals surface area contributed by atoms with E-state index in [1.54, 1.807) is 0 Å². The molecule has 150 valence electrons. The number of hydrogen-bond donors (Lipinski definition) is 0. The van der Waals surface area contributed by atoms with Crippen molar-refractivity contribution in [1.29, 1.82) is 0 Å². The molecule has 0 fully saturated rings. The van der Waals surface area contributed by atoms with Gasteiger partial charge in [0.25, 0.3) is 0 Å². The Bertz CT molecular complexity index is 976. The molecule has 0 aliphatic carbocycles. The summed E-state index contributed by atoms with van der Waals surface area (Å²) in [4.78, 5) is 12.4. The van der Waals surface area contributed by atoms with Crippen molar-refractivity contribution in [2.24, 2.45) is 0 Å². The topological polar surface area (TPSA) is 29.5 Å². The molecule has 0 saturated carbocycles. The second-order valence-electron chi connectivity index (χ2n) is 6.13. The number of amides is 1. The molecule has 0 N–H and O–H groups in total. The van der Waals surface area contributed by atoms with E-state index in [0.717, 1.165) is 0 Å². The fraction of sp³-hybridized carbons (Fsp3) is 0.235. The van der Waals surface area contributed by atoms with Gasteiger partial charge in [0.2, 0.25) is 5.82 Å². The maximum absolute atomic E-state index is 14.4. The highest BCUT2D eigenvalue weighted by molar-refractivity contribution is 6.02. The van der Waals surface area contributed by atoms with Crippen molar-refractivity contribution in [3.05, 3.63) is 47.0 Å². The zero-order chi connectivity index (χ0) is 21.1. The van der Waals surface area contributed by atoms with Crippen LogP contribution < -0.4 is 9.64 Å². The van der Waals surface area contributed by atoms with E-state index in [2.05, 4.69) is 4.74 Å². The Kier molecular flexibility index (Phi) is 4.51. The van der Waals surface area contributed by atoms with Crippen molar-refractivity contribution in [2.45, 2.75) is 26.0 Å². The highest BCUT2D eigenvalue weighted by Crippen LogP contribution is 2.44. The van der Waals surface area contributed by atoms with E-state index < -0.39 is 75.5 Å². The molecule has 0 spiro atoms. The SMILES string of the molecule is CC(C)N1C(=O)C(F)(F)Oc2cc(F)c(-c3c(F)c(F)c(F)c(F)c3F)cc21. The van der Waals surface area contributed by atoms with Gasteiger partial charge in [0, 0.05) is 17.7 Å². The lowest BCUT2D eigenvalue weighted by Crippen LogP contribution is -2.53. The Morgan fingerprint density at radius 2 is 1.39 bits per heavy atom. The first-order valence-corrected chi connectivity index (χ1v) is 7.64. The van der Waals surface area contributed by atoms with Crippen LogP contribution >= 0.6 is 0 Å². The summed E-state index contributed by atoms with van der Waals surface area (Å²) < 4.78 is 114. The lowest BCUT2D eigenvalue weighted by molar-refractivity contribution is -0.193. The van der Waals surface area contributed by atoms with Gasteiger partial charge in [0.15, 0.2) is 29.0 Å². The molecule has 1 aliphatic heterocycles. The summed E-state index contributed by atoms with van der Waals surface area (Å²) >= 11 is 0. The Morgan fingerprint density at radius 1 is 0.893 bits per heavy atom. The van der Waals surface area contributed by atoms with Crippen LogP contribution in [0.4, 0.5) is 40.8 Å². The van der Waals surface area contributed by atoms with Crippen molar-refractivity contribution < 1.29 is 44.7 Å². The largest absolute Gasteiger partial charge is 0.482 e. The molecule has 0 radical (unpaired) electrons. The van der Waals surface area contributed by atoms with Gasteiger partial charge in [0.05, 0.1) is 11.3 Å². The molecule has 1 heterocycles. The molecule has 2 aromatic rings.